The van der Waals surface area contributed by atoms with E-state index in [1.807, 2.05) is 30.3 Å². The number of hydrogen-bond acceptors (Lipinski definition) is 2. The molecular weight excluding hydrogens is 281 g/mol. The average molecular weight is 301 g/mol. The van der Waals surface area contributed by atoms with Crippen LogP contribution in [0.2, 0.25) is 0 Å². The second-order valence-electron chi connectivity index (χ2n) is 5.29. The summed E-state index contributed by atoms with van der Waals surface area (Å²) in [6.45, 7) is 2.11. The van der Waals surface area contributed by atoms with E-state index in [0.29, 0.717) is 24.1 Å². The van der Waals surface area contributed by atoms with Gasteiger partial charge in [-0.1, -0.05) is 36.4 Å². The molecule has 0 aliphatic carbocycles. The highest BCUT2D eigenvalue weighted by molar-refractivity contribution is 5.94. The summed E-state index contributed by atoms with van der Waals surface area (Å²) in [7, 11) is 0. The van der Waals surface area contributed by atoms with Gasteiger partial charge in [0.1, 0.15) is 5.82 Å². The molecule has 3 nitrogen and oxygen atoms in total. The van der Waals surface area contributed by atoms with Crippen LogP contribution < -0.4 is 5.32 Å². The average Bonchev–Trinajstić information content (AvgIpc) is 2.54. The number of amides is 1. The molecule has 1 unspecified atom stereocenters. The number of hydrogen-bond donors (Lipinski definition) is 2. The minimum Gasteiger partial charge on any atom is -0.396 e. The van der Waals surface area contributed by atoms with E-state index in [4.69, 9.17) is 0 Å². The van der Waals surface area contributed by atoms with E-state index in [-0.39, 0.29) is 24.2 Å². The zero-order valence-corrected chi connectivity index (χ0v) is 12.6. The molecule has 0 bridgehead atoms. The van der Waals surface area contributed by atoms with E-state index in [0.717, 1.165) is 5.56 Å². The summed E-state index contributed by atoms with van der Waals surface area (Å²) in [6, 6.07) is 14.2. The third-order valence-corrected chi connectivity index (χ3v) is 3.69. The van der Waals surface area contributed by atoms with Crippen LogP contribution in [0.3, 0.4) is 0 Å². The highest BCUT2D eigenvalue weighted by atomic mass is 19.1. The summed E-state index contributed by atoms with van der Waals surface area (Å²) in [5.74, 6) is -0.661. The standard InChI is InChI=1S/C18H20FNO2/c1-13-7-8-15(11-17(13)19)18(22)20-12-16(9-10-21)14-5-3-2-4-6-14/h2-8,11,16,21H,9-10,12H2,1H3,(H,20,22). The third-order valence-electron chi connectivity index (χ3n) is 3.69. The van der Waals surface area contributed by atoms with Crippen LogP contribution >= 0.6 is 0 Å². The van der Waals surface area contributed by atoms with E-state index < -0.39 is 0 Å². The fourth-order valence-corrected chi connectivity index (χ4v) is 2.32. The van der Waals surface area contributed by atoms with Crippen LogP contribution in [0, 0.1) is 12.7 Å². The number of nitrogens with one attached hydrogen (secondary N) is 1. The molecule has 22 heavy (non-hydrogen) atoms. The minimum atomic E-state index is -0.386. The van der Waals surface area contributed by atoms with Crippen molar-refractivity contribution in [3.05, 3.63) is 71.0 Å². The van der Waals surface area contributed by atoms with Crippen LogP contribution in [0.15, 0.2) is 48.5 Å². The van der Waals surface area contributed by atoms with E-state index in [2.05, 4.69) is 5.32 Å². The van der Waals surface area contributed by atoms with Crippen LogP contribution in [0.1, 0.15) is 33.8 Å². The first-order chi connectivity index (χ1) is 10.6. The summed E-state index contributed by atoms with van der Waals surface area (Å²) in [6.07, 6.45) is 0.562. The Kier molecular flexibility index (Phi) is 5.67. The number of halogens is 1. The summed E-state index contributed by atoms with van der Waals surface area (Å²) < 4.78 is 13.5. The molecule has 0 saturated heterocycles. The van der Waals surface area contributed by atoms with Gasteiger partial charge in [0.25, 0.3) is 5.91 Å². The molecule has 2 aromatic carbocycles. The highest BCUT2D eigenvalue weighted by Gasteiger charge is 2.14. The molecule has 0 spiro atoms. The van der Waals surface area contributed by atoms with Crippen LogP contribution in [0.25, 0.3) is 0 Å². The summed E-state index contributed by atoms with van der Waals surface area (Å²) in [5.41, 5.74) is 1.88. The Morgan fingerprint density at radius 1 is 1.23 bits per heavy atom. The second kappa shape index (κ2) is 7.71. The van der Waals surface area contributed by atoms with E-state index in [1.54, 1.807) is 19.1 Å². The first kappa shape index (κ1) is 16.2. The Labute approximate surface area is 129 Å². The van der Waals surface area contributed by atoms with Crippen molar-refractivity contribution in [2.45, 2.75) is 19.3 Å². The van der Waals surface area contributed by atoms with Gasteiger partial charge in [-0.25, -0.2) is 4.39 Å². The van der Waals surface area contributed by atoms with Crippen LogP contribution in [0.4, 0.5) is 4.39 Å². The van der Waals surface area contributed by atoms with Gasteiger partial charge in [-0.05, 0) is 36.6 Å². The summed E-state index contributed by atoms with van der Waals surface area (Å²) >= 11 is 0. The van der Waals surface area contributed by atoms with Gasteiger partial charge < -0.3 is 10.4 Å². The molecule has 0 aromatic heterocycles. The van der Waals surface area contributed by atoms with E-state index in [1.165, 1.54) is 6.07 Å². The van der Waals surface area contributed by atoms with Gasteiger partial charge in [0.2, 0.25) is 0 Å². The summed E-state index contributed by atoms with van der Waals surface area (Å²) in [4.78, 5) is 12.1. The predicted octanol–water partition coefficient (Wildman–Crippen LogP) is 3.03. The zero-order chi connectivity index (χ0) is 15.9. The topological polar surface area (TPSA) is 49.3 Å². The van der Waals surface area contributed by atoms with Crippen molar-refractivity contribution in [1.29, 1.82) is 0 Å². The van der Waals surface area contributed by atoms with Gasteiger partial charge in [-0.15, -0.1) is 0 Å². The lowest BCUT2D eigenvalue weighted by Crippen LogP contribution is -2.29. The number of carbonyl (C=O) groups is 1. The molecule has 2 aromatic rings. The number of aliphatic hydroxyl groups is 1. The molecule has 0 aliphatic rings. The van der Waals surface area contributed by atoms with Crippen molar-refractivity contribution in [3.8, 4) is 0 Å². The molecule has 4 heteroatoms. The Morgan fingerprint density at radius 3 is 2.59 bits per heavy atom. The lowest BCUT2D eigenvalue weighted by Gasteiger charge is -2.17. The lowest BCUT2D eigenvalue weighted by atomic mass is 9.96. The fraction of sp³-hybridized carbons (Fsp3) is 0.278. The molecule has 2 rings (SSSR count). The van der Waals surface area contributed by atoms with Gasteiger partial charge in [0.15, 0.2) is 0 Å². The third kappa shape index (κ3) is 4.15. The first-order valence-corrected chi connectivity index (χ1v) is 7.32. The van der Waals surface area contributed by atoms with Crippen LogP contribution in [0.5, 0.6) is 0 Å². The molecule has 0 saturated carbocycles. The second-order valence-corrected chi connectivity index (χ2v) is 5.29. The predicted molar refractivity (Wildman–Crippen MR) is 84.4 cm³/mol. The number of aliphatic hydroxyl groups excluding tert-OH is 1. The van der Waals surface area contributed by atoms with Crippen LogP contribution in [-0.2, 0) is 0 Å². The number of rotatable bonds is 6. The fourth-order valence-electron chi connectivity index (χ4n) is 2.32. The molecular formula is C18H20FNO2. The van der Waals surface area contributed by atoms with Gasteiger partial charge in [0, 0.05) is 24.6 Å². The Balaban J connectivity index is 2.02. The SMILES string of the molecule is Cc1ccc(C(=O)NCC(CCO)c2ccccc2)cc1F. The quantitative estimate of drug-likeness (QED) is 0.861. The molecule has 2 N–H and O–H groups in total. The molecule has 0 heterocycles. The molecule has 0 radical (unpaired) electrons. The largest absolute Gasteiger partial charge is 0.396 e. The van der Waals surface area contributed by atoms with Gasteiger partial charge in [-0.3, -0.25) is 4.79 Å². The first-order valence-electron chi connectivity index (χ1n) is 7.32. The maximum Gasteiger partial charge on any atom is 0.251 e. The lowest BCUT2D eigenvalue weighted by molar-refractivity contribution is 0.0949. The monoisotopic (exact) mass is 301 g/mol. The Bertz CT molecular complexity index is 628. The molecule has 0 aliphatic heterocycles. The van der Waals surface area contributed by atoms with Crippen molar-refractivity contribution < 1.29 is 14.3 Å². The summed E-state index contributed by atoms with van der Waals surface area (Å²) in [5, 5.41) is 12.0. The van der Waals surface area contributed by atoms with Crippen molar-refractivity contribution >= 4 is 5.91 Å². The highest BCUT2D eigenvalue weighted by Crippen LogP contribution is 2.18. The molecule has 0 fully saturated rings. The van der Waals surface area contributed by atoms with Gasteiger partial charge in [-0.2, -0.15) is 0 Å². The number of carbonyl (C=O) groups excluding carboxylic acids is 1. The smallest absolute Gasteiger partial charge is 0.251 e. The maximum atomic E-state index is 13.5. The van der Waals surface area contributed by atoms with Gasteiger partial charge in [0.05, 0.1) is 0 Å². The normalized spacial score (nSPS) is 12.0. The van der Waals surface area contributed by atoms with E-state index in [9.17, 15) is 14.3 Å². The minimum absolute atomic E-state index is 0.0328. The molecule has 1 amide bonds. The Hall–Kier alpha value is -2.20. The number of benzene rings is 2. The van der Waals surface area contributed by atoms with Gasteiger partial charge >= 0.3 is 0 Å². The molecule has 116 valence electrons. The van der Waals surface area contributed by atoms with Crippen LogP contribution in [-0.4, -0.2) is 24.2 Å². The van der Waals surface area contributed by atoms with Crippen molar-refractivity contribution in [2.75, 3.05) is 13.2 Å². The van der Waals surface area contributed by atoms with Crippen molar-refractivity contribution in [3.63, 3.8) is 0 Å². The Morgan fingerprint density at radius 2 is 1.95 bits per heavy atom. The number of aryl methyl sites for hydroxylation is 1. The zero-order valence-electron chi connectivity index (χ0n) is 12.6. The maximum absolute atomic E-state index is 13.5. The van der Waals surface area contributed by atoms with E-state index >= 15 is 0 Å². The van der Waals surface area contributed by atoms with Crippen molar-refractivity contribution in [2.24, 2.45) is 0 Å². The van der Waals surface area contributed by atoms with Crippen molar-refractivity contribution in [1.82, 2.24) is 5.32 Å². The molecule has 1 atom stereocenters.